The molecule has 0 aliphatic heterocycles. The number of hydrogen-bond acceptors (Lipinski definition) is 2. The van der Waals surface area contributed by atoms with Gasteiger partial charge in [0.15, 0.2) is 0 Å². The molecule has 0 aromatic heterocycles. The lowest BCUT2D eigenvalue weighted by Gasteiger charge is -2.09. The van der Waals surface area contributed by atoms with E-state index in [0.29, 0.717) is 0 Å². The van der Waals surface area contributed by atoms with Gasteiger partial charge in [0.05, 0.1) is 7.11 Å². The van der Waals surface area contributed by atoms with Crippen LogP contribution >= 0.6 is 0 Å². The number of methoxy groups -OCH3 is 1. The van der Waals surface area contributed by atoms with Crippen LogP contribution in [-0.2, 0) is 0 Å². The third-order valence-electron chi connectivity index (χ3n) is 2.26. The summed E-state index contributed by atoms with van der Waals surface area (Å²) in [6.45, 7) is 0. The van der Waals surface area contributed by atoms with Gasteiger partial charge in [-0.25, -0.2) is 0 Å². The van der Waals surface area contributed by atoms with Gasteiger partial charge in [0.2, 0.25) is 0 Å². The molecule has 0 atom stereocenters. The van der Waals surface area contributed by atoms with Crippen molar-refractivity contribution in [2.75, 3.05) is 7.11 Å². The van der Waals surface area contributed by atoms with Crippen LogP contribution in [0.25, 0.3) is 0 Å². The molecule has 1 aliphatic carbocycles. The molecule has 0 saturated carbocycles. The summed E-state index contributed by atoms with van der Waals surface area (Å²) in [6, 6.07) is 7.59. The van der Waals surface area contributed by atoms with Gasteiger partial charge in [-0.1, -0.05) is 6.08 Å². The molecule has 0 spiro atoms. The highest BCUT2D eigenvalue weighted by Crippen LogP contribution is 2.20. The Morgan fingerprint density at radius 1 is 1.00 bits per heavy atom. The zero-order chi connectivity index (χ0) is 10.5. The minimum atomic E-state index is 0.841. The fourth-order valence-electron chi connectivity index (χ4n) is 1.44. The molecule has 1 aromatic rings. The second-order valence-corrected chi connectivity index (χ2v) is 3.36. The van der Waals surface area contributed by atoms with E-state index in [4.69, 9.17) is 9.47 Å². The van der Waals surface area contributed by atoms with Gasteiger partial charge in [0.1, 0.15) is 17.3 Å². The van der Waals surface area contributed by atoms with E-state index in [0.717, 1.165) is 30.1 Å². The fourth-order valence-corrected chi connectivity index (χ4v) is 1.44. The lowest BCUT2D eigenvalue weighted by Crippen LogP contribution is -1.95. The van der Waals surface area contributed by atoms with Crippen LogP contribution in [0.15, 0.2) is 48.3 Å². The molecule has 2 heteroatoms. The number of hydrogen-bond donors (Lipinski definition) is 0. The van der Waals surface area contributed by atoms with Gasteiger partial charge in [-0.15, -0.1) is 0 Å². The van der Waals surface area contributed by atoms with Crippen molar-refractivity contribution in [1.82, 2.24) is 0 Å². The average molecular weight is 202 g/mol. The summed E-state index contributed by atoms with van der Waals surface area (Å²) >= 11 is 0. The highest BCUT2D eigenvalue weighted by molar-refractivity contribution is 5.33. The summed E-state index contributed by atoms with van der Waals surface area (Å²) in [4.78, 5) is 0. The first-order valence-corrected chi connectivity index (χ1v) is 5.07. The highest BCUT2D eigenvalue weighted by atomic mass is 16.5. The second-order valence-electron chi connectivity index (χ2n) is 3.36. The summed E-state index contributed by atoms with van der Waals surface area (Å²) in [5, 5.41) is 0. The Bertz CT molecular complexity index is 374. The van der Waals surface area contributed by atoms with Gasteiger partial charge in [0, 0.05) is 0 Å². The van der Waals surface area contributed by atoms with E-state index in [1.807, 2.05) is 30.3 Å². The topological polar surface area (TPSA) is 18.5 Å². The van der Waals surface area contributed by atoms with Crippen molar-refractivity contribution in [1.29, 1.82) is 0 Å². The van der Waals surface area contributed by atoms with E-state index in [9.17, 15) is 0 Å². The lowest BCUT2D eigenvalue weighted by atomic mass is 10.2. The molecule has 0 heterocycles. The quantitative estimate of drug-likeness (QED) is 0.748. The molecule has 0 bridgehead atoms. The van der Waals surface area contributed by atoms with E-state index >= 15 is 0 Å². The Morgan fingerprint density at radius 2 is 1.73 bits per heavy atom. The predicted molar refractivity (Wildman–Crippen MR) is 60.1 cm³/mol. The lowest BCUT2D eigenvalue weighted by molar-refractivity contribution is 0.410. The molecule has 15 heavy (non-hydrogen) atoms. The maximum Gasteiger partial charge on any atom is 0.127 e. The molecule has 78 valence electrons. The zero-order valence-electron chi connectivity index (χ0n) is 8.77. The number of rotatable bonds is 3. The van der Waals surface area contributed by atoms with Crippen LogP contribution in [0, 0.1) is 0 Å². The second kappa shape index (κ2) is 4.69. The van der Waals surface area contributed by atoms with Crippen molar-refractivity contribution in [3.8, 4) is 11.5 Å². The third-order valence-corrected chi connectivity index (χ3v) is 2.26. The standard InChI is InChI=1S/C13H14O2/c1-14-11-7-9-13(10-8-11)15-12-5-3-2-4-6-12/h3,5-10H,2,4H2,1H3. The first-order chi connectivity index (χ1) is 7.38. The Morgan fingerprint density at radius 3 is 2.33 bits per heavy atom. The fraction of sp³-hybridized carbons (Fsp3) is 0.231. The molecular weight excluding hydrogens is 188 g/mol. The summed E-state index contributed by atoms with van der Waals surface area (Å²) in [5.74, 6) is 2.61. The normalized spacial score (nSPS) is 14.6. The molecule has 0 N–H and O–H groups in total. The Balaban J connectivity index is 2.04. The van der Waals surface area contributed by atoms with Gasteiger partial charge in [-0.05, 0) is 49.3 Å². The minimum absolute atomic E-state index is 0.841. The molecule has 0 amide bonds. The average Bonchev–Trinajstić information content (AvgIpc) is 2.31. The van der Waals surface area contributed by atoms with Crippen molar-refractivity contribution >= 4 is 0 Å². The smallest absolute Gasteiger partial charge is 0.127 e. The number of ether oxygens (including phenoxy) is 2. The van der Waals surface area contributed by atoms with E-state index in [1.54, 1.807) is 7.11 Å². The van der Waals surface area contributed by atoms with E-state index < -0.39 is 0 Å². The van der Waals surface area contributed by atoms with Crippen molar-refractivity contribution in [3.05, 3.63) is 48.3 Å². The Labute approximate surface area is 89.8 Å². The van der Waals surface area contributed by atoms with Crippen molar-refractivity contribution < 1.29 is 9.47 Å². The van der Waals surface area contributed by atoms with Crippen molar-refractivity contribution in [3.63, 3.8) is 0 Å². The van der Waals surface area contributed by atoms with Crippen LogP contribution < -0.4 is 9.47 Å². The van der Waals surface area contributed by atoms with Crippen LogP contribution in [0.4, 0.5) is 0 Å². The van der Waals surface area contributed by atoms with E-state index in [-0.39, 0.29) is 0 Å². The van der Waals surface area contributed by atoms with Gasteiger partial charge < -0.3 is 9.47 Å². The van der Waals surface area contributed by atoms with Gasteiger partial charge >= 0.3 is 0 Å². The van der Waals surface area contributed by atoms with Crippen LogP contribution in [0.5, 0.6) is 11.5 Å². The Kier molecular flexibility index (Phi) is 3.08. The minimum Gasteiger partial charge on any atom is -0.497 e. The Hall–Kier alpha value is -1.70. The first-order valence-electron chi connectivity index (χ1n) is 5.07. The maximum atomic E-state index is 5.67. The van der Waals surface area contributed by atoms with Crippen LogP contribution in [-0.4, -0.2) is 7.11 Å². The van der Waals surface area contributed by atoms with Crippen LogP contribution in [0.1, 0.15) is 12.8 Å². The summed E-state index contributed by atoms with van der Waals surface area (Å²) in [7, 11) is 1.66. The molecule has 2 rings (SSSR count). The van der Waals surface area contributed by atoms with E-state index in [1.165, 1.54) is 0 Å². The van der Waals surface area contributed by atoms with Crippen LogP contribution in [0.3, 0.4) is 0 Å². The maximum absolute atomic E-state index is 5.67. The summed E-state index contributed by atoms with van der Waals surface area (Å²) in [6.07, 6.45) is 8.40. The molecule has 1 aromatic carbocycles. The van der Waals surface area contributed by atoms with Crippen molar-refractivity contribution in [2.24, 2.45) is 0 Å². The monoisotopic (exact) mass is 202 g/mol. The molecule has 1 aliphatic rings. The summed E-state index contributed by atoms with van der Waals surface area (Å²) < 4.78 is 10.7. The zero-order valence-corrected chi connectivity index (χ0v) is 8.77. The van der Waals surface area contributed by atoms with Crippen molar-refractivity contribution in [2.45, 2.75) is 12.8 Å². The molecule has 0 fully saturated rings. The third kappa shape index (κ3) is 2.62. The van der Waals surface area contributed by atoms with Gasteiger partial charge in [0.25, 0.3) is 0 Å². The van der Waals surface area contributed by atoms with Gasteiger partial charge in [-0.2, -0.15) is 0 Å². The first kappa shape index (κ1) is 9.84. The number of benzene rings is 1. The molecule has 0 radical (unpaired) electrons. The molecular formula is C13H14O2. The van der Waals surface area contributed by atoms with Crippen LogP contribution in [0.2, 0.25) is 0 Å². The highest BCUT2D eigenvalue weighted by Gasteiger charge is 2.00. The predicted octanol–water partition coefficient (Wildman–Crippen LogP) is 3.31. The number of allylic oxidation sites excluding steroid dienone is 3. The van der Waals surface area contributed by atoms with Gasteiger partial charge in [-0.3, -0.25) is 0 Å². The SMILES string of the molecule is COc1ccc(OC2=CCCC=C2)cc1. The largest absolute Gasteiger partial charge is 0.497 e. The molecule has 0 saturated heterocycles. The van der Waals surface area contributed by atoms with E-state index in [2.05, 4.69) is 12.2 Å². The summed E-state index contributed by atoms with van der Waals surface area (Å²) in [5.41, 5.74) is 0. The molecule has 0 unspecified atom stereocenters. The molecule has 2 nitrogen and oxygen atoms in total.